The lowest BCUT2D eigenvalue weighted by Crippen LogP contribution is -1.99. The largest absolute Gasteiger partial charge is 0.276 e. The maximum atomic E-state index is 4.82. The van der Waals surface area contributed by atoms with Gasteiger partial charge in [-0.05, 0) is 37.3 Å². The van der Waals surface area contributed by atoms with Gasteiger partial charge in [0.2, 0.25) is 0 Å². The summed E-state index contributed by atoms with van der Waals surface area (Å²) < 4.78 is 2.12. The summed E-state index contributed by atoms with van der Waals surface area (Å²) in [5.41, 5.74) is 4.36. The van der Waals surface area contributed by atoms with E-state index < -0.39 is 0 Å². The van der Waals surface area contributed by atoms with E-state index in [1.807, 2.05) is 42.6 Å². The van der Waals surface area contributed by atoms with Crippen LogP contribution in [0.15, 0.2) is 72.9 Å². The fourth-order valence-electron chi connectivity index (χ4n) is 2.72. The molecule has 0 fully saturated rings. The van der Waals surface area contributed by atoms with Crippen molar-refractivity contribution in [3.63, 3.8) is 0 Å². The van der Waals surface area contributed by atoms with Crippen molar-refractivity contribution >= 4 is 11.0 Å². The normalized spacial score (nSPS) is 11.0. The van der Waals surface area contributed by atoms with Crippen molar-refractivity contribution in [2.24, 2.45) is 0 Å². The Morgan fingerprint density at radius 1 is 0.864 bits per heavy atom. The summed E-state index contributed by atoms with van der Waals surface area (Å²) in [6.45, 7) is 2.09. The Balaban J connectivity index is 2.06. The molecule has 0 saturated carbocycles. The molecule has 3 heteroatoms. The Bertz CT molecular complexity index is 939. The summed E-state index contributed by atoms with van der Waals surface area (Å²) in [5, 5.41) is 0. The fourth-order valence-corrected chi connectivity index (χ4v) is 2.72. The maximum absolute atomic E-state index is 4.82. The van der Waals surface area contributed by atoms with Gasteiger partial charge < -0.3 is 0 Å². The third-order valence-corrected chi connectivity index (χ3v) is 3.72. The predicted octanol–water partition coefficient (Wildman–Crippen LogP) is 4.40. The van der Waals surface area contributed by atoms with Crippen molar-refractivity contribution < 1.29 is 0 Å². The molecule has 2 aromatic heterocycles. The van der Waals surface area contributed by atoms with Gasteiger partial charge in [-0.25, -0.2) is 9.97 Å². The third-order valence-electron chi connectivity index (χ3n) is 3.72. The lowest BCUT2D eigenvalue weighted by molar-refractivity contribution is 1.03. The lowest BCUT2D eigenvalue weighted by atomic mass is 10.1. The van der Waals surface area contributed by atoms with Gasteiger partial charge in [0.15, 0.2) is 0 Å². The van der Waals surface area contributed by atoms with E-state index in [1.165, 1.54) is 5.56 Å². The SMILES string of the molecule is Cc1cccc(-c2nc3ccccc3n2-c2ccccn2)c1. The molecule has 0 bridgehead atoms. The van der Waals surface area contributed by atoms with Gasteiger partial charge in [-0.2, -0.15) is 0 Å². The van der Waals surface area contributed by atoms with Crippen LogP contribution >= 0.6 is 0 Å². The van der Waals surface area contributed by atoms with Gasteiger partial charge in [-0.3, -0.25) is 4.57 Å². The number of pyridine rings is 1. The Morgan fingerprint density at radius 2 is 1.73 bits per heavy atom. The van der Waals surface area contributed by atoms with Crippen LogP contribution in [0.2, 0.25) is 0 Å². The number of hydrogen-bond acceptors (Lipinski definition) is 2. The van der Waals surface area contributed by atoms with E-state index >= 15 is 0 Å². The van der Waals surface area contributed by atoms with Gasteiger partial charge in [0.05, 0.1) is 11.0 Å². The van der Waals surface area contributed by atoms with Crippen LogP contribution in [0.25, 0.3) is 28.2 Å². The molecule has 0 N–H and O–H groups in total. The minimum atomic E-state index is 0.882. The minimum Gasteiger partial charge on any atom is -0.276 e. The molecule has 3 nitrogen and oxygen atoms in total. The van der Waals surface area contributed by atoms with Gasteiger partial charge in [0.1, 0.15) is 11.6 Å². The van der Waals surface area contributed by atoms with E-state index in [4.69, 9.17) is 4.98 Å². The van der Waals surface area contributed by atoms with Gasteiger partial charge in [-0.15, -0.1) is 0 Å². The summed E-state index contributed by atoms with van der Waals surface area (Å²) >= 11 is 0. The highest BCUT2D eigenvalue weighted by Crippen LogP contribution is 2.28. The summed E-state index contributed by atoms with van der Waals surface area (Å²) in [5.74, 6) is 1.80. The van der Waals surface area contributed by atoms with Crippen LogP contribution in [0.1, 0.15) is 5.56 Å². The zero-order chi connectivity index (χ0) is 14.9. The molecule has 0 spiro atoms. The minimum absolute atomic E-state index is 0.882. The lowest BCUT2D eigenvalue weighted by Gasteiger charge is -2.08. The van der Waals surface area contributed by atoms with Crippen molar-refractivity contribution in [1.29, 1.82) is 0 Å². The van der Waals surface area contributed by atoms with Crippen LogP contribution in [0.3, 0.4) is 0 Å². The summed E-state index contributed by atoms with van der Waals surface area (Å²) in [7, 11) is 0. The van der Waals surface area contributed by atoms with Crippen LogP contribution in [-0.2, 0) is 0 Å². The first-order chi connectivity index (χ1) is 10.8. The first-order valence-electron chi connectivity index (χ1n) is 7.29. The number of aryl methyl sites for hydroxylation is 1. The highest BCUT2D eigenvalue weighted by Gasteiger charge is 2.14. The summed E-state index contributed by atoms with van der Waals surface area (Å²) in [6, 6.07) is 22.5. The number of nitrogens with zero attached hydrogens (tertiary/aromatic N) is 3. The Labute approximate surface area is 128 Å². The maximum Gasteiger partial charge on any atom is 0.146 e. The summed E-state index contributed by atoms with van der Waals surface area (Å²) in [4.78, 5) is 9.33. The van der Waals surface area contributed by atoms with Crippen LogP contribution in [0.5, 0.6) is 0 Å². The smallest absolute Gasteiger partial charge is 0.146 e. The molecule has 0 unspecified atom stereocenters. The molecule has 2 heterocycles. The molecule has 0 amide bonds. The van der Waals surface area contributed by atoms with Gasteiger partial charge in [0.25, 0.3) is 0 Å². The van der Waals surface area contributed by atoms with E-state index in [-0.39, 0.29) is 0 Å². The molecule has 0 radical (unpaired) electrons. The number of benzene rings is 2. The molecular formula is C19H15N3. The molecule has 0 aliphatic heterocycles. The molecule has 0 saturated heterocycles. The Morgan fingerprint density at radius 3 is 2.55 bits per heavy atom. The topological polar surface area (TPSA) is 30.7 Å². The Hall–Kier alpha value is -2.94. The predicted molar refractivity (Wildman–Crippen MR) is 89.0 cm³/mol. The van der Waals surface area contributed by atoms with E-state index in [0.29, 0.717) is 0 Å². The first-order valence-corrected chi connectivity index (χ1v) is 7.29. The van der Waals surface area contributed by atoms with Gasteiger partial charge >= 0.3 is 0 Å². The van der Waals surface area contributed by atoms with Gasteiger partial charge in [0, 0.05) is 11.8 Å². The van der Waals surface area contributed by atoms with Crippen molar-refractivity contribution in [2.45, 2.75) is 6.92 Å². The molecule has 4 rings (SSSR count). The first kappa shape index (κ1) is 12.8. The fraction of sp³-hybridized carbons (Fsp3) is 0.0526. The van der Waals surface area contributed by atoms with Crippen molar-refractivity contribution in [3.05, 3.63) is 78.5 Å². The average Bonchev–Trinajstić information content (AvgIpc) is 2.95. The van der Waals surface area contributed by atoms with Crippen molar-refractivity contribution in [2.75, 3.05) is 0 Å². The molecule has 106 valence electrons. The van der Waals surface area contributed by atoms with E-state index in [1.54, 1.807) is 0 Å². The standard InChI is InChI=1S/C19H15N3/c1-14-7-6-8-15(13-14)19-21-16-9-2-3-10-17(16)22(19)18-11-4-5-12-20-18/h2-13H,1H3. The molecule has 0 aliphatic rings. The van der Waals surface area contributed by atoms with Crippen molar-refractivity contribution in [1.82, 2.24) is 14.5 Å². The van der Waals surface area contributed by atoms with E-state index in [0.717, 1.165) is 28.2 Å². The van der Waals surface area contributed by atoms with Crippen LogP contribution < -0.4 is 0 Å². The van der Waals surface area contributed by atoms with E-state index in [2.05, 4.69) is 46.8 Å². The van der Waals surface area contributed by atoms with Gasteiger partial charge in [-0.1, -0.05) is 42.0 Å². The quantitative estimate of drug-likeness (QED) is 0.546. The number of aromatic nitrogens is 3. The monoisotopic (exact) mass is 285 g/mol. The van der Waals surface area contributed by atoms with E-state index in [9.17, 15) is 0 Å². The second kappa shape index (κ2) is 5.11. The van der Waals surface area contributed by atoms with Crippen molar-refractivity contribution in [3.8, 4) is 17.2 Å². The number of para-hydroxylation sites is 2. The summed E-state index contributed by atoms with van der Waals surface area (Å²) in [6.07, 6.45) is 1.81. The molecular weight excluding hydrogens is 270 g/mol. The number of rotatable bonds is 2. The molecule has 4 aromatic rings. The zero-order valence-electron chi connectivity index (χ0n) is 12.3. The number of imidazole rings is 1. The number of hydrogen-bond donors (Lipinski definition) is 0. The zero-order valence-corrected chi connectivity index (χ0v) is 12.3. The average molecular weight is 285 g/mol. The van der Waals surface area contributed by atoms with Crippen LogP contribution in [0.4, 0.5) is 0 Å². The second-order valence-electron chi connectivity index (χ2n) is 5.32. The highest BCUT2D eigenvalue weighted by atomic mass is 15.1. The second-order valence-corrected chi connectivity index (χ2v) is 5.32. The molecule has 0 aliphatic carbocycles. The number of fused-ring (bicyclic) bond motifs is 1. The molecule has 22 heavy (non-hydrogen) atoms. The highest BCUT2D eigenvalue weighted by molar-refractivity contribution is 5.82. The third kappa shape index (κ3) is 2.07. The Kier molecular flexibility index (Phi) is 2.97. The van der Waals surface area contributed by atoms with Crippen LogP contribution in [0, 0.1) is 6.92 Å². The molecule has 0 atom stereocenters. The molecule has 2 aromatic carbocycles. The van der Waals surface area contributed by atoms with Crippen LogP contribution in [-0.4, -0.2) is 14.5 Å².